The Hall–Kier alpha value is -1.02. The van der Waals surface area contributed by atoms with Crippen LogP contribution in [-0.2, 0) is 10.0 Å². The predicted octanol–water partition coefficient (Wildman–Crippen LogP) is 1.91. The maximum absolute atomic E-state index is 12.5. The van der Waals surface area contributed by atoms with Crippen molar-refractivity contribution < 1.29 is 17.9 Å². The first kappa shape index (κ1) is 17.3. The fourth-order valence-corrected chi connectivity index (χ4v) is 4.03. The highest BCUT2D eigenvalue weighted by Gasteiger charge is 2.25. The normalized spacial score (nSPS) is 15.6. The van der Waals surface area contributed by atoms with Crippen molar-refractivity contribution >= 4 is 21.6 Å². The van der Waals surface area contributed by atoms with Crippen LogP contribution in [0.15, 0.2) is 17.0 Å². The Kier molecular flexibility index (Phi) is 5.91. The van der Waals surface area contributed by atoms with Crippen LogP contribution in [-0.4, -0.2) is 34.2 Å². The zero-order chi connectivity index (χ0) is 16.2. The first-order chi connectivity index (χ1) is 10.5. The number of fused-ring (bicyclic) bond motifs is 1. The molecule has 1 unspecified atom stereocenters. The molecule has 6 nitrogen and oxygen atoms in total. The molecule has 0 radical (unpaired) electrons. The molecule has 1 atom stereocenters. The van der Waals surface area contributed by atoms with E-state index in [4.69, 9.17) is 26.8 Å². The summed E-state index contributed by atoms with van der Waals surface area (Å²) in [6.07, 6.45) is 2.57. The second-order valence-electron chi connectivity index (χ2n) is 5.12. The number of hydrogen-bond acceptors (Lipinski definition) is 5. The van der Waals surface area contributed by atoms with Gasteiger partial charge in [-0.05, 0) is 6.42 Å². The lowest BCUT2D eigenvalue weighted by atomic mass is 10.1. The first-order valence-corrected chi connectivity index (χ1v) is 9.15. The SMILES string of the molecule is CCCCC(CN)NS(=O)(=O)c1cc2c(cc1Cl)OCCO2. The third-order valence-electron chi connectivity index (χ3n) is 3.40. The van der Waals surface area contributed by atoms with E-state index in [0.29, 0.717) is 31.1 Å². The number of nitrogens with one attached hydrogen (secondary N) is 1. The summed E-state index contributed by atoms with van der Waals surface area (Å²) in [5, 5.41) is 0.100. The lowest BCUT2D eigenvalue weighted by Crippen LogP contribution is -2.40. The summed E-state index contributed by atoms with van der Waals surface area (Å²) < 4.78 is 38.4. The van der Waals surface area contributed by atoms with E-state index in [1.807, 2.05) is 6.92 Å². The molecule has 124 valence electrons. The standard InChI is InChI=1S/C14H21ClN2O4S/c1-2-3-4-10(9-16)17-22(18,19)14-8-13-12(7-11(14)15)20-5-6-21-13/h7-8,10,17H,2-6,9,16H2,1H3. The minimum atomic E-state index is -3.76. The molecule has 0 amide bonds. The summed E-state index contributed by atoms with van der Waals surface area (Å²) in [7, 11) is -3.76. The van der Waals surface area contributed by atoms with Gasteiger partial charge < -0.3 is 15.2 Å². The number of unbranched alkanes of at least 4 members (excludes halogenated alkanes) is 1. The van der Waals surface area contributed by atoms with E-state index in [1.165, 1.54) is 12.1 Å². The van der Waals surface area contributed by atoms with Crippen LogP contribution in [0.4, 0.5) is 0 Å². The van der Waals surface area contributed by atoms with E-state index in [9.17, 15) is 8.42 Å². The van der Waals surface area contributed by atoms with E-state index in [-0.39, 0.29) is 22.5 Å². The van der Waals surface area contributed by atoms with Crippen LogP contribution in [0.5, 0.6) is 11.5 Å². The Morgan fingerprint density at radius 2 is 1.95 bits per heavy atom. The third kappa shape index (κ3) is 4.04. The van der Waals surface area contributed by atoms with Crippen LogP contribution >= 0.6 is 11.6 Å². The number of rotatable bonds is 7. The highest BCUT2D eigenvalue weighted by Crippen LogP contribution is 2.37. The van der Waals surface area contributed by atoms with E-state index in [1.54, 1.807) is 0 Å². The van der Waals surface area contributed by atoms with Crippen molar-refractivity contribution in [2.24, 2.45) is 5.73 Å². The smallest absolute Gasteiger partial charge is 0.242 e. The lowest BCUT2D eigenvalue weighted by Gasteiger charge is -2.21. The second-order valence-corrected chi connectivity index (χ2v) is 7.21. The highest BCUT2D eigenvalue weighted by molar-refractivity contribution is 7.89. The van der Waals surface area contributed by atoms with Gasteiger partial charge in [-0.3, -0.25) is 0 Å². The molecule has 1 aliphatic rings. The lowest BCUT2D eigenvalue weighted by molar-refractivity contribution is 0.171. The fraction of sp³-hybridized carbons (Fsp3) is 0.571. The first-order valence-electron chi connectivity index (χ1n) is 7.29. The molecule has 22 heavy (non-hydrogen) atoms. The van der Waals surface area contributed by atoms with Crippen LogP contribution < -0.4 is 19.9 Å². The summed E-state index contributed by atoms with van der Waals surface area (Å²) in [4.78, 5) is -0.0200. The van der Waals surface area contributed by atoms with Crippen molar-refractivity contribution in [1.29, 1.82) is 0 Å². The topological polar surface area (TPSA) is 90.7 Å². The Morgan fingerprint density at radius 3 is 2.55 bits per heavy atom. The molecule has 1 aromatic rings. The van der Waals surface area contributed by atoms with Gasteiger partial charge in [0.05, 0.1) is 5.02 Å². The molecule has 2 rings (SSSR count). The van der Waals surface area contributed by atoms with Gasteiger partial charge in [0.25, 0.3) is 0 Å². The van der Waals surface area contributed by atoms with E-state index in [0.717, 1.165) is 12.8 Å². The summed E-state index contributed by atoms with van der Waals surface area (Å²) >= 11 is 6.09. The summed E-state index contributed by atoms with van der Waals surface area (Å²) in [5.41, 5.74) is 5.64. The molecule has 0 aliphatic carbocycles. The molecule has 0 saturated carbocycles. The monoisotopic (exact) mass is 348 g/mol. The molecule has 0 fully saturated rings. The van der Waals surface area contributed by atoms with Gasteiger partial charge in [-0.2, -0.15) is 0 Å². The Bertz CT molecular complexity index is 622. The van der Waals surface area contributed by atoms with E-state index >= 15 is 0 Å². The number of hydrogen-bond donors (Lipinski definition) is 2. The zero-order valence-corrected chi connectivity index (χ0v) is 14.0. The Morgan fingerprint density at radius 1 is 1.32 bits per heavy atom. The highest BCUT2D eigenvalue weighted by atomic mass is 35.5. The van der Waals surface area contributed by atoms with Gasteiger partial charge in [-0.25, -0.2) is 13.1 Å². The predicted molar refractivity (Wildman–Crippen MR) is 85.1 cm³/mol. The second kappa shape index (κ2) is 7.50. The maximum Gasteiger partial charge on any atom is 0.242 e. The molecule has 3 N–H and O–H groups in total. The molecular formula is C14H21ClN2O4S. The number of nitrogens with two attached hydrogens (primary N) is 1. The van der Waals surface area contributed by atoms with Gasteiger partial charge in [0, 0.05) is 24.7 Å². The van der Waals surface area contributed by atoms with Crippen LogP contribution in [0.3, 0.4) is 0 Å². The van der Waals surface area contributed by atoms with Gasteiger partial charge >= 0.3 is 0 Å². The molecule has 0 saturated heterocycles. The van der Waals surface area contributed by atoms with E-state index in [2.05, 4.69) is 4.72 Å². The van der Waals surface area contributed by atoms with Gasteiger partial charge in [-0.15, -0.1) is 0 Å². The van der Waals surface area contributed by atoms with Gasteiger partial charge in [0.1, 0.15) is 18.1 Å². The summed E-state index contributed by atoms with van der Waals surface area (Å²) in [5.74, 6) is 0.838. The van der Waals surface area contributed by atoms with Gasteiger partial charge in [0.15, 0.2) is 11.5 Å². The third-order valence-corrected chi connectivity index (χ3v) is 5.38. The number of sulfonamides is 1. The average Bonchev–Trinajstić information content (AvgIpc) is 2.50. The maximum atomic E-state index is 12.5. The van der Waals surface area contributed by atoms with Crippen molar-refractivity contribution in [3.63, 3.8) is 0 Å². The molecule has 0 spiro atoms. The van der Waals surface area contributed by atoms with Crippen molar-refractivity contribution in [2.45, 2.75) is 37.1 Å². The minimum absolute atomic E-state index is 0.0200. The van der Waals surface area contributed by atoms with Crippen molar-refractivity contribution in [3.8, 4) is 11.5 Å². The van der Waals surface area contributed by atoms with Gasteiger partial charge in [0.2, 0.25) is 10.0 Å². The van der Waals surface area contributed by atoms with Gasteiger partial charge in [-0.1, -0.05) is 31.4 Å². The van der Waals surface area contributed by atoms with E-state index < -0.39 is 10.0 Å². The molecule has 1 aromatic carbocycles. The van der Waals surface area contributed by atoms with Crippen molar-refractivity contribution in [3.05, 3.63) is 17.2 Å². The Labute approximate surface area is 136 Å². The van der Waals surface area contributed by atoms with Crippen molar-refractivity contribution in [2.75, 3.05) is 19.8 Å². The molecule has 0 bridgehead atoms. The quantitative estimate of drug-likeness (QED) is 0.785. The fourth-order valence-electron chi connectivity index (χ4n) is 2.21. The minimum Gasteiger partial charge on any atom is -0.486 e. The van der Waals surface area contributed by atoms with Crippen LogP contribution in [0.2, 0.25) is 5.02 Å². The van der Waals surface area contributed by atoms with Crippen LogP contribution in [0.1, 0.15) is 26.2 Å². The summed E-state index contributed by atoms with van der Waals surface area (Å²) in [6.45, 7) is 3.07. The largest absolute Gasteiger partial charge is 0.486 e. The molecule has 1 heterocycles. The molecule has 8 heteroatoms. The Balaban J connectivity index is 2.25. The summed E-state index contributed by atoms with van der Waals surface area (Å²) in [6, 6.07) is 2.55. The number of benzene rings is 1. The number of ether oxygens (including phenoxy) is 2. The van der Waals surface area contributed by atoms with Crippen LogP contribution in [0.25, 0.3) is 0 Å². The van der Waals surface area contributed by atoms with Crippen molar-refractivity contribution in [1.82, 2.24) is 4.72 Å². The molecular weight excluding hydrogens is 328 g/mol. The molecule has 1 aliphatic heterocycles. The average molecular weight is 349 g/mol. The molecule has 0 aromatic heterocycles. The number of halogens is 1. The van der Waals surface area contributed by atoms with Crippen LogP contribution in [0, 0.1) is 0 Å². The zero-order valence-electron chi connectivity index (χ0n) is 12.5.